The van der Waals surface area contributed by atoms with Crippen LogP contribution in [0.3, 0.4) is 0 Å². The van der Waals surface area contributed by atoms with Crippen molar-refractivity contribution in [2.45, 2.75) is 12.8 Å². The van der Waals surface area contributed by atoms with Crippen LogP contribution in [0.2, 0.25) is 0 Å². The molecule has 1 N–H and O–H groups in total. The second-order valence-electron chi connectivity index (χ2n) is 4.48. The molecule has 2 heteroatoms. The van der Waals surface area contributed by atoms with Gasteiger partial charge in [0.25, 0.3) is 0 Å². The molecule has 0 amide bonds. The first kappa shape index (κ1) is 10.5. The highest BCUT2D eigenvalue weighted by molar-refractivity contribution is 6.18. The number of benzene rings is 1. The van der Waals surface area contributed by atoms with Crippen LogP contribution in [0.4, 0.5) is 0 Å². The van der Waals surface area contributed by atoms with Gasteiger partial charge in [-0.05, 0) is 41.0 Å². The molecule has 0 fully saturated rings. The van der Waals surface area contributed by atoms with Gasteiger partial charge in [-0.2, -0.15) is 0 Å². The number of hydrogen-bond acceptors (Lipinski definition) is 2. The molecule has 2 nitrogen and oxygen atoms in total. The first-order chi connectivity index (χ1) is 8.40. The van der Waals surface area contributed by atoms with Crippen LogP contribution < -0.4 is 10.4 Å². The Kier molecular flexibility index (Phi) is 2.65. The van der Waals surface area contributed by atoms with Gasteiger partial charge < -0.3 is 5.11 Å². The Bertz CT molecular complexity index is 610. The lowest BCUT2D eigenvalue weighted by atomic mass is 9.82. The van der Waals surface area contributed by atoms with E-state index in [1.807, 2.05) is 6.20 Å². The van der Waals surface area contributed by atoms with Gasteiger partial charge in [0.05, 0.1) is 0 Å². The summed E-state index contributed by atoms with van der Waals surface area (Å²) in [6.07, 6.45) is 7.96. The Morgan fingerprint density at radius 2 is 2.12 bits per heavy atom. The van der Waals surface area contributed by atoms with Gasteiger partial charge in [-0.25, -0.2) is 0 Å². The van der Waals surface area contributed by atoms with E-state index in [2.05, 4.69) is 41.4 Å². The Balaban J connectivity index is 2.17. The van der Waals surface area contributed by atoms with Crippen molar-refractivity contribution in [1.82, 2.24) is 0 Å². The van der Waals surface area contributed by atoms with Gasteiger partial charge in [0.1, 0.15) is 0 Å². The number of aliphatic imine (C=N–C) groups is 1. The summed E-state index contributed by atoms with van der Waals surface area (Å²) in [5, 5.41) is 11.5. The molecular formula is C15H15NO. The van der Waals surface area contributed by atoms with Crippen LogP contribution in [0.25, 0.3) is 11.6 Å². The van der Waals surface area contributed by atoms with E-state index in [1.54, 1.807) is 0 Å². The largest absolute Gasteiger partial charge is 0.396 e. The zero-order valence-corrected chi connectivity index (χ0v) is 9.63. The minimum Gasteiger partial charge on any atom is -0.396 e. The number of nitrogens with zero attached hydrogens (tertiary/aromatic N) is 1. The summed E-state index contributed by atoms with van der Waals surface area (Å²) in [4.78, 5) is 4.46. The van der Waals surface area contributed by atoms with Crippen molar-refractivity contribution in [2.75, 3.05) is 6.61 Å². The zero-order valence-electron chi connectivity index (χ0n) is 9.63. The highest BCUT2D eigenvalue weighted by Gasteiger charge is 2.22. The maximum atomic E-state index is 8.98. The van der Waals surface area contributed by atoms with Crippen molar-refractivity contribution >= 4 is 17.4 Å². The molecule has 2 aliphatic rings. The molecule has 1 unspecified atom stereocenters. The number of hydrogen-bond donors (Lipinski definition) is 1. The minimum atomic E-state index is 0.252. The van der Waals surface area contributed by atoms with Crippen LogP contribution in [0.5, 0.6) is 0 Å². The van der Waals surface area contributed by atoms with Crippen LogP contribution in [-0.4, -0.2) is 17.4 Å². The summed E-state index contributed by atoms with van der Waals surface area (Å²) in [5.41, 5.74) is 2.48. The van der Waals surface area contributed by atoms with E-state index in [4.69, 9.17) is 5.11 Å². The second kappa shape index (κ2) is 4.30. The Labute approximate surface area is 100 Å². The molecule has 1 aromatic carbocycles. The van der Waals surface area contributed by atoms with Crippen molar-refractivity contribution in [1.29, 1.82) is 0 Å². The molecule has 2 bridgehead atoms. The lowest BCUT2D eigenvalue weighted by Gasteiger charge is -2.24. The van der Waals surface area contributed by atoms with Crippen molar-refractivity contribution < 1.29 is 5.11 Å². The molecule has 0 saturated carbocycles. The van der Waals surface area contributed by atoms with E-state index in [-0.39, 0.29) is 6.61 Å². The lowest BCUT2D eigenvalue weighted by Crippen LogP contribution is -2.37. The Morgan fingerprint density at radius 1 is 1.24 bits per heavy atom. The number of aliphatic hydroxyl groups is 1. The van der Waals surface area contributed by atoms with Crippen LogP contribution in [-0.2, 0) is 0 Å². The maximum absolute atomic E-state index is 8.98. The maximum Gasteiger partial charge on any atom is 0.0484 e. The number of allylic oxidation sites excluding steroid dienone is 1. The van der Waals surface area contributed by atoms with E-state index in [9.17, 15) is 0 Å². The summed E-state index contributed by atoms with van der Waals surface area (Å²) in [6, 6.07) is 8.43. The monoisotopic (exact) mass is 225 g/mol. The number of rotatable bonds is 3. The fraction of sp³-hybridized carbons (Fsp3) is 0.267. The molecule has 17 heavy (non-hydrogen) atoms. The highest BCUT2D eigenvalue weighted by Crippen LogP contribution is 2.26. The van der Waals surface area contributed by atoms with Crippen molar-refractivity contribution in [2.24, 2.45) is 10.9 Å². The molecule has 0 saturated heterocycles. The van der Waals surface area contributed by atoms with Crippen molar-refractivity contribution in [3.8, 4) is 0 Å². The Morgan fingerprint density at radius 3 is 3.00 bits per heavy atom. The predicted molar refractivity (Wildman–Crippen MR) is 69.9 cm³/mol. The number of aliphatic hydroxyl groups excluding tert-OH is 1. The van der Waals surface area contributed by atoms with Gasteiger partial charge in [-0.1, -0.05) is 24.3 Å². The van der Waals surface area contributed by atoms with Gasteiger partial charge >= 0.3 is 0 Å². The van der Waals surface area contributed by atoms with Crippen molar-refractivity contribution in [3.05, 3.63) is 47.0 Å². The molecule has 0 radical (unpaired) electrons. The van der Waals surface area contributed by atoms with Crippen molar-refractivity contribution in [3.63, 3.8) is 0 Å². The molecule has 1 aliphatic heterocycles. The molecule has 1 aromatic rings. The smallest absolute Gasteiger partial charge is 0.0484 e. The third-order valence-electron chi connectivity index (χ3n) is 3.44. The van der Waals surface area contributed by atoms with E-state index < -0.39 is 0 Å². The molecule has 1 heterocycles. The summed E-state index contributed by atoms with van der Waals surface area (Å²) < 4.78 is 0. The van der Waals surface area contributed by atoms with Crippen LogP contribution in [0.1, 0.15) is 12.8 Å². The molecular weight excluding hydrogens is 210 g/mol. The van der Waals surface area contributed by atoms with E-state index in [1.165, 1.54) is 16.0 Å². The summed E-state index contributed by atoms with van der Waals surface area (Å²) >= 11 is 0. The lowest BCUT2D eigenvalue weighted by molar-refractivity contribution is 0.282. The van der Waals surface area contributed by atoms with E-state index in [0.29, 0.717) is 5.92 Å². The van der Waals surface area contributed by atoms with Gasteiger partial charge in [0.2, 0.25) is 0 Å². The predicted octanol–water partition coefficient (Wildman–Crippen LogP) is 0.988. The topological polar surface area (TPSA) is 32.6 Å². The molecule has 86 valence electrons. The first-order valence-electron chi connectivity index (χ1n) is 6.06. The number of fused-ring (bicyclic) bond motifs is 3. The quantitative estimate of drug-likeness (QED) is 0.817. The minimum absolute atomic E-state index is 0.252. The van der Waals surface area contributed by atoms with Crippen LogP contribution in [0, 0.1) is 5.92 Å². The Hall–Kier alpha value is -1.67. The van der Waals surface area contributed by atoms with E-state index >= 15 is 0 Å². The second-order valence-corrected chi connectivity index (χ2v) is 4.48. The average molecular weight is 225 g/mol. The van der Waals surface area contributed by atoms with Crippen LogP contribution >= 0.6 is 0 Å². The van der Waals surface area contributed by atoms with Gasteiger partial charge in [-0.3, -0.25) is 4.99 Å². The molecule has 0 aromatic heterocycles. The first-order valence-corrected chi connectivity index (χ1v) is 6.06. The third-order valence-corrected chi connectivity index (χ3v) is 3.44. The fourth-order valence-corrected chi connectivity index (χ4v) is 2.63. The van der Waals surface area contributed by atoms with Gasteiger partial charge in [-0.15, -0.1) is 0 Å². The molecule has 1 aliphatic carbocycles. The summed E-state index contributed by atoms with van der Waals surface area (Å²) in [7, 11) is 0. The normalized spacial score (nSPS) is 20.6. The molecule has 0 spiro atoms. The molecule has 1 atom stereocenters. The third kappa shape index (κ3) is 1.75. The summed E-state index contributed by atoms with van der Waals surface area (Å²) in [5.74, 6) is 0.363. The van der Waals surface area contributed by atoms with E-state index in [0.717, 1.165) is 18.6 Å². The van der Waals surface area contributed by atoms with Crippen LogP contribution in [0.15, 0.2) is 41.5 Å². The zero-order chi connectivity index (χ0) is 11.7. The van der Waals surface area contributed by atoms with Gasteiger partial charge in [0, 0.05) is 24.4 Å². The molecule has 3 rings (SSSR count). The highest BCUT2D eigenvalue weighted by atomic mass is 16.2. The SMILES string of the molecule is OCCCC1C2=NC=CC1=c1ccccc1=C2. The van der Waals surface area contributed by atoms with Gasteiger partial charge in [0.15, 0.2) is 0 Å². The standard InChI is InChI=1S/C15H15NO/c17-9-3-6-14-13-7-8-16-15(14)10-11-4-1-2-5-12(11)13/h1-2,4-5,7-8,10,14,17H,3,6,9H2. The fourth-order valence-electron chi connectivity index (χ4n) is 2.63. The average Bonchev–Trinajstić information content (AvgIpc) is 2.36. The summed E-state index contributed by atoms with van der Waals surface area (Å²) in [6.45, 7) is 0.252.